The van der Waals surface area contributed by atoms with Crippen LogP contribution < -0.4 is 5.63 Å². The van der Waals surface area contributed by atoms with Crippen LogP contribution in [0.25, 0.3) is 11.0 Å². The van der Waals surface area contributed by atoms with E-state index in [1.807, 2.05) is 0 Å². The van der Waals surface area contributed by atoms with Crippen molar-refractivity contribution in [2.45, 2.75) is 6.18 Å². The Hall–Kier alpha value is -0.876. The Morgan fingerprint density at radius 2 is 1.73 bits per heavy atom. The minimum atomic E-state index is -5.35. The van der Waals surface area contributed by atoms with Gasteiger partial charge >= 0.3 is 11.8 Å². The molecule has 0 unspecified atom stereocenters. The number of halogens is 4. The SMILES string of the molecule is O.O.O=C(c1c(O)c2cc(F)ccc2oc1=O)C(F)(F)F.[Eu]. The zero-order valence-corrected chi connectivity index (χ0v) is 12.7. The predicted octanol–water partition coefficient (Wildman–Crippen LogP) is 0.733. The first kappa shape index (κ1) is 23.4. The third kappa shape index (κ3) is 4.32. The Bertz CT molecular complexity index is 740. The summed E-state index contributed by atoms with van der Waals surface area (Å²) in [5.41, 5.74) is -3.54. The molecule has 2 aromatic rings. The van der Waals surface area contributed by atoms with Gasteiger partial charge in [0.05, 0.1) is 5.39 Å². The first-order chi connectivity index (χ1) is 8.71. The van der Waals surface area contributed by atoms with Crippen LogP contribution in [0, 0.1) is 55.2 Å². The van der Waals surface area contributed by atoms with E-state index in [4.69, 9.17) is 0 Å². The maximum atomic E-state index is 12.9. The zero-order valence-electron chi connectivity index (χ0n) is 10.3. The van der Waals surface area contributed by atoms with Crippen LogP contribution >= 0.6 is 0 Å². The Balaban J connectivity index is 0. The van der Waals surface area contributed by atoms with Gasteiger partial charge in [-0.25, -0.2) is 9.18 Å². The molecule has 123 valence electrons. The molecule has 0 aliphatic heterocycles. The van der Waals surface area contributed by atoms with Crippen LogP contribution in [0.3, 0.4) is 0 Å². The Morgan fingerprint density at radius 3 is 2.23 bits per heavy atom. The third-order valence-corrected chi connectivity index (χ3v) is 2.32. The number of carbonyl (C=O) groups excluding carboxylic acids is 1. The molecule has 1 radical (unpaired) electrons. The Kier molecular flexibility index (Phi) is 8.62. The number of rotatable bonds is 1. The number of ketones is 1. The van der Waals surface area contributed by atoms with E-state index >= 15 is 0 Å². The number of hydrogen-bond donors (Lipinski definition) is 1. The van der Waals surface area contributed by atoms with Crippen LogP contribution in [0.4, 0.5) is 17.6 Å². The number of aromatic hydroxyl groups is 1. The summed E-state index contributed by atoms with van der Waals surface area (Å²) in [6, 6.07) is 2.49. The van der Waals surface area contributed by atoms with E-state index in [1.165, 1.54) is 0 Å². The fourth-order valence-electron chi connectivity index (χ4n) is 1.50. The second-order valence-electron chi connectivity index (χ2n) is 3.58. The minimum absolute atomic E-state index is 0. The van der Waals surface area contributed by atoms with Crippen LogP contribution in [0.5, 0.6) is 5.75 Å². The maximum absolute atomic E-state index is 12.9. The summed E-state index contributed by atoms with van der Waals surface area (Å²) in [6.07, 6.45) is -5.35. The van der Waals surface area contributed by atoms with E-state index in [0.29, 0.717) is 6.07 Å². The second kappa shape index (κ2) is 8.11. The first-order valence-electron chi connectivity index (χ1n) is 4.78. The topological polar surface area (TPSA) is 131 Å². The average Bonchev–Trinajstić information content (AvgIpc) is 2.29. The third-order valence-electron chi connectivity index (χ3n) is 2.32. The van der Waals surface area contributed by atoms with Gasteiger partial charge in [-0.3, -0.25) is 4.79 Å². The second-order valence-corrected chi connectivity index (χ2v) is 3.58. The summed E-state index contributed by atoms with van der Waals surface area (Å²) in [5, 5.41) is 9.05. The van der Waals surface area contributed by atoms with Gasteiger partial charge in [0.15, 0.2) is 5.56 Å². The number of fused-ring (bicyclic) bond motifs is 1. The van der Waals surface area contributed by atoms with Crippen molar-refractivity contribution in [2.75, 3.05) is 0 Å². The first-order valence-corrected chi connectivity index (χ1v) is 4.78. The number of benzene rings is 1. The van der Waals surface area contributed by atoms with Gasteiger partial charge in [0.25, 0.3) is 5.78 Å². The molecule has 5 N–H and O–H groups in total. The van der Waals surface area contributed by atoms with E-state index in [1.54, 1.807) is 0 Å². The van der Waals surface area contributed by atoms with Gasteiger partial charge in [0.2, 0.25) is 0 Å². The Morgan fingerprint density at radius 1 is 1.18 bits per heavy atom. The summed E-state index contributed by atoms with van der Waals surface area (Å²) in [4.78, 5) is 22.3. The molecular formula is C11H8EuF4O6. The summed E-state index contributed by atoms with van der Waals surface area (Å²) in [5.74, 6) is -4.68. The van der Waals surface area contributed by atoms with Crippen molar-refractivity contribution in [3.05, 3.63) is 40.0 Å². The molecule has 0 amide bonds. The molecule has 0 spiro atoms. The van der Waals surface area contributed by atoms with E-state index in [2.05, 4.69) is 4.42 Å². The zero-order chi connectivity index (χ0) is 14.4. The molecule has 0 bridgehead atoms. The van der Waals surface area contributed by atoms with Gasteiger partial charge in [0, 0.05) is 49.4 Å². The molecule has 0 saturated carbocycles. The van der Waals surface area contributed by atoms with Gasteiger partial charge in [0.1, 0.15) is 17.1 Å². The molecule has 1 aromatic carbocycles. The standard InChI is InChI=1S/C11H4F4O4.Eu.2H2O/c12-4-1-2-6-5(3-4)8(16)7(10(18)19-6)9(17)11(13,14)15;;;/h1-3,16H;;2*1H2. The van der Waals surface area contributed by atoms with Gasteiger partial charge < -0.3 is 20.5 Å². The molecule has 22 heavy (non-hydrogen) atoms. The van der Waals surface area contributed by atoms with Crippen molar-refractivity contribution in [1.82, 2.24) is 0 Å². The number of hydrogen-bond acceptors (Lipinski definition) is 4. The normalized spacial score (nSPS) is 10.2. The van der Waals surface area contributed by atoms with Crippen LogP contribution in [0.2, 0.25) is 0 Å². The van der Waals surface area contributed by atoms with Gasteiger partial charge in [-0.2, -0.15) is 13.2 Å². The molecular weight excluding hydrogens is 456 g/mol. The summed E-state index contributed by atoms with van der Waals surface area (Å²) in [6.45, 7) is 0. The predicted molar refractivity (Wildman–Crippen MR) is 61.7 cm³/mol. The summed E-state index contributed by atoms with van der Waals surface area (Å²) in [7, 11) is 0. The van der Waals surface area contributed by atoms with Crippen molar-refractivity contribution in [1.29, 1.82) is 0 Å². The van der Waals surface area contributed by atoms with E-state index in [-0.39, 0.29) is 65.9 Å². The van der Waals surface area contributed by atoms with Crippen LogP contribution in [0.1, 0.15) is 10.4 Å². The summed E-state index contributed by atoms with van der Waals surface area (Å²) < 4.78 is 54.2. The fraction of sp³-hybridized carbons (Fsp3) is 0.0909. The molecule has 0 aliphatic carbocycles. The Labute approximate surface area is 159 Å². The monoisotopic (exact) mass is 465 g/mol. The quantitative estimate of drug-likeness (QED) is 0.379. The minimum Gasteiger partial charge on any atom is -0.506 e. The van der Waals surface area contributed by atoms with E-state index < -0.39 is 40.1 Å². The van der Waals surface area contributed by atoms with E-state index in [0.717, 1.165) is 12.1 Å². The molecule has 0 fully saturated rings. The molecule has 0 saturated heterocycles. The number of alkyl halides is 3. The molecule has 2 rings (SSSR count). The smallest absolute Gasteiger partial charge is 0.455 e. The molecule has 1 aromatic heterocycles. The molecule has 0 atom stereocenters. The van der Waals surface area contributed by atoms with Crippen molar-refractivity contribution >= 4 is 16.8 Å². The van der Waals surface area contributed by atoms with Crippen LogP contribution in [-0.2, 0) is 0 Å². The van der Waals surface area contributed by atoms with Crippen molar-refractivity contribution in [3.8, 4) is 5.75 Å². The van der Waals surface area contributed by atoms with E-state index in [9.17, 15) is 32.3 Å². The summed E-state index contributed by atoms with van der Waals surface area (Å²) >= 11 is 0. The number of Topliss-reactive ketones (excluding diaryl/α,β-unsaturated/α-hetero) is 1. The van der Waals surface area contributed by atoms with Gasteiger partial charge in [-0.1, -0.05) is 0 Å². The average molecular weight is 464 g/mol. The number of carbonyl (C=O) groups is 1. The van der Waals surface area contributed by atoms with Crippen LogP contribution in [-0.4, -0.2) is 28.0 Å². The maximum Gasteiger partial charge on any atom is 0.455 e. The largest absolute Gasteiger partial charge is 0.506 e. The van der Waals surface area contributed by atoms with Gasteiger partial charge in [-0.05, 0) is 18.2 Å². The molecule has 1 heterocycles. The van der Waals surface area contributed by atoms with Crippen molar-refractivity contribution in [2.24, 2.45) is 0 Å². The van der Waals surface area contributed by atoms with Crippen LogP contribution in [0.15, 0.2) is 27.4 Å². The van der Waals surface area contributed by atoms with Crippen molar-refractivity contribution in [3.63, 3.8) is 0 Å². The molecule has 0 aliphatic rings. The molecule has 6 nitrogen and oxygen atoms in total. The molecule has 11 heteroatoms. The fourth-order valence-corrected chi connectivity index (χ4v) is 1.50. The van der Waals surface area contributed by atoms with Crippen molar-refractivity contribution < 1.29 is 92.2 Å². The van der Waals surface area contributed by atoms with Gasteiger partial charge in [-0.15, -0.1) is 0 Å².